The molecular weight excluding hydrogens is 230 g/mol. The van der Waals surface area contributed by atoms with Crippen molar-refractivity contribution >= 4 is 28.5 Å². The van der Waals surface area contributed by atoms with Gasteiger partial charge in [0, 0.05) is 17.6 Å². The van der Waals surface area contributed by atoms with E-state index < -0.39 is 5.97 Å². The van der Waals surface area contributed by atoms with Crippen LogP contribution in [0.4, 0.5) is 0 Å². The highest BCUT2D eigenvalue weighted by Crippen LogP contribution is 2.28. The monoisotopic (exact) mass is 237 g/mol. The van der Waals surface area contributed by atoms with Crippen LogP contribution in [0, 0.1) is 0 Å². The summed E-state index contributed by atoms with van der Waals surface area (Å²) in [6.45, 7) is 0. The highest BCUT2D eigenvalue weighted by molar-refractivity contribution is 6.35. The number of aromatic nitrogens is 1. The number of nitrogens with zero attached hydrogens (tertiary/aromatic N) is 1. The molecule has 2 rings (SSSR count). The number of methoxy groups -OCH3 is 1. The summed E-state index contributed by atoms with van der Waals surface area (Å²) in [6.07, 6.45) is 1.56. The van der Waals surface area contributed by atoms with Crippen molar-refractivity contribution in [1.82, 2.24) is 4.98 Å². The number of halogens is 1. The van der Waals surface area contributed by atoms with Crippen LogP contribution in [0.25, 0.3) is 10.9 Å². The maximum atomic E-state index is 11.0. The molecule has 82 valence electrons. The van der Waals surface area contributed by atoms with E-state index in [0.29, 0.717) is 15.9 Å². The van der Waals surface area contributed by atoms with Crippen molar-refractivity contribution in [2.45, 2.75) is 0 Å². The first-order valence-corrected chi connectivity index (χ1v) is 4.87. The number of aromatic carboxylic acids is 1. The highest BCUT2D eigenvalue weighted by Gasteiger charge is 2.13. The number of hydrogen-bond donors (Lipinski definition) is 1. The van der Waals surface area contributed by atoms with E-state index in [1.807, 2.05) is 0 Å². The summed E-state index contributed by atoms with van der Waals surface area (Å²) in [4.78, 5) is 15.1. The van der Waals surface area contributed by atoms with Crippen LogP contribution in [0.1, 0.15) is 10.4 Å². The van der Waals surface area contributed by atoms with E-state index in [1.165, 1.54) is 13.2 Å². The number of hydrogen-bond acceptors (Lipinski definition) is 3. The maximum Gasteiger partial charge on any atom is 0.339 e. The molecule has 0 unspecified atom stereocenters. The summed E-state index contributed by atoms with van der Waals surface area (Å²) in [7, 11) is 1.41. The lowest BCUT2D eigenvalue weighted by atomic mass is 10.1. The number of carbonyl (C=O) groups is 1. The minimum Gasteiger partial charge on any atom is -0.496 e. The molecule has 16 heavy (non-hydrogen) atoms. The van der Waals surface area contributed by atoms with Gasteiger partial charge in [-0.15, -0.1) is 0 Å². The van der Waals surface area contributed by atoms with Crippen LogP contribution in [0.3, 0.4) is 0 Å². The molecule has 0 bridgehead atoms. The Labute approximate surface area is 96.4 Å². The van der Waals surface area contributed by atoms with E-state index in [0.717, 1.165) is 0 Å². The van der Waals surface area contributed by atoms with E-state index in [1.54, 1.807) is 18.3 Å². The summed E-state index contributed by atoms with van der Waals surface area (Å²) in [5.74, 6) is -0.784. The largest absolute Gasteiger partial charge is 0.496 e. The van der Waals surface area contributed by atoms with Gasteiger partial charge in [0.15, 0.2) is 0 Å². The third-order valence-corrected chi connectivity index (χ3v) is 2.57. The van der Waals surface area contributed by atoms with Crippen molar-refractivity contribution in [2.24, 2.45) is 0 Å². The first-order valence-electron chi connectivity index (χ1n) is 4.49. The molecule has 4 nitrogen and oxygen atoms in total. The fraction of sp³-hybridized carbons (Fsp3) is 0.0909. The standard InChI is InChI=1S/C11H8ClNO3/c1-16-10-5-9-6(4-7(10)11(14)15)8(12)2-3-13-9/h2-5H,1H3,(H,14,15). The van der Waals surface area contributed by atoms with Crippen LogP contribution in [-0.2, 0) is 0 Å². The number of carboxylic acid groups (broad SMARTS) is 1. The quantitative estimate of drug-likeness (QED) is 0.872. The number of ether oxygens (including phenoxy) is 1. The zero-order valence-electron chi connectivity index (χ0n) is 8.40. The predicted molar refractivity (Wildman–Crippen MR) is 60.3 cm³/mol. The minimum atomic E-state index is -1.06. The minimum absolute atomic E-state index is 0.0740. The van der Waals surface area contributed by atoms with Crippen LogP contribution >= 0.6 is 11.6 Å². The first-order chi connectivity index (χ1) is 7.63. The van der Waals surface area contributed by atoms with Crippen molar-refractivity contribution in [3.05, 3.63) is 35.0 Å². The molecule has 0 fully saturated rings. The molecule has 1 aromatic heterocycles. The van der Waals surface area contributed by atoms with Crippen LogP contribution < -0.4 is 4.74 Å². The number of rotatable bonds is 2. The number of benzene rings is 1. The fourth-order valence-electron chi connectivity index (χ4n) is 1.48. The summed E-state index contributed by atoms with van der Waals surface area (Å²) in [5, 5.41) is 10.1. The van der Waals surface area contributed by atoms with E-state index in [4.69, 9.17) is 21.4 Å². The molecule has 5 heteroatoms. The van der Waals surface area contributed by atoms with Gasteiger partial charge in [-0.3, -0.25) is 4.98 Å². The molecule has 0 radical (unpaired) electrons. The molecule has 0 atom stereocenters. The van der Waals surface area contributed by atoms with Gasteiger partial charge in [0.1, 0.15) is 11.3 Å². The second kappa shape index (κ2) is 3.98. The molecule has 0 amide bonds. The van der Waals surface area contributed by atoms with Gasteiger partial charge in [-0.2, -0.15) is 0 Å². The van der Waals surface area contributed by atoms with Crippen LogP contribution in [0.15, 0.2) is 24.4 Å². The molecule has 0 aliphatic heterocycles. The zero-order valence-corrected chi connectivity index (χ0v) is 9.15. The molecular formula is C11H8ClNO3. The number of carboxylic acids is 1. The molecule has 0 aliphatic carbocycles. The van der Waals surface area contributed by atoms with Gasteiger partial charge in [0.2, 0.25) is 0 Å². The molecule has 2 aromatic rings. The van der Waals surface area contributed by atoms with Crippen molar-refractivity contribution in [3.8, 4) is 5.75 Å². The van der Waals surface area contributed by atoms with Gasteiger partial charge in [0.05, 0.1) is 17.6 Å². The molecule has 1 aromatic carbocycles. The van der Waals surface area contributed by atoms with E-state index in [-0.39, 0.29) is 11.3 Å². The van der Waals surface area contributed by atoms with Crippen molar-refractivity contribution in [3.63, 3.8) is 0 Å². The Morgan fingerprint density at radius 1 is 1.50 bits per heavy atom. The molecule has 0 saturated heterocycles. The maximum absolute atomic E-state index is 11.0. The molecule has 0 saturated carbocycles. The topological polar surface area (TPSA) is 59.4 Å². The van der Waals surface area contributed by atoms with Gasteiger partial charge in [-0.1, -0.05) is 11.6 Å². The Kier molecular flexibility index (Phi) is 2.66. The van der Waals surface area contributed by atoms with E-state index >= 15 is 0 Å². The molecule has 1 N–H and O–H groups in total. The lowest BCUT2D eigenvalue weighted by Gasteiger charge is -2.07. The highest BCUT2D eigenvalue weighted by atomic mass is 35.5. The van der Waals surface area contributed by atoms with Gasteiger partial charge >= 0.3 is 5.97 Å². The van der Waals surface area contributed by atoms with Gasteiger partial charge in [-0.05, 0) is 12.1 Å². The average Bonchev–Trinajstić information content (AvgIpc) is 2.27. The lowest BCUT2D eigenvalue weighted by Crippen LogP contribution is -2.00. The molecule has 0 spiro atoms. The lowest BCUT2D eigenvalue weighted by molar-refractivity contribution is 0.0693. The Morgan fingerprint density at radius 3 is 2.88 bits per heavy atom. The second-order valence-corrected chi connectivity index (χ2v) is 3.57. The summed E-state index contributed by atoms with van der Waals surface area (Å²) in [6, 6.07) is 4.64. The molecule has 1 heterocycles. The van der Waals surface area contributed by atoms with Crippen LogP contribution in [-0.4, -0.2) is 23.2 Å². The molecule has 0 aliphatic rings. The van der Waals surface area contributed by atoms with Crippen LogP contribution in [0.2, 0.25) is 5.02 Å². The van der Waals surface area contributed by atoms with Gasteiger partial charge in [0.25, 0.3) is 0 Å². The van der Waals surface area contributed by atoms with Gasteiger partial charge in [-0.25, -0.2) is 4.79 Å². The Hall–Kier alpha value is -1.81. The second-order valence-electron chi connectivity index (χ2n) is 3.17. The Bertz CT molecular complexity index is 568. The van der Waals surface area contributed by atoms with Crippen molar-refractivity contribution in [1.29, 1.82) is 0 Å². The third-order valence-electron chi connectivity index (χ3n) is 2.24. The summed E-state index contributed by atoms with van der Waals surface area (Å²) < 4.78 is 4.99. The smallest absolute Gasteiger partial charge is 0.339 e. The van der Waals surface area contributed by atoms with Crippen molar-refractivity contribution in [2.75, 3.05) is 7.11 Å². The summed E-state index contributed by atoms with van der Waals surface area (Å²) >= 11 is 5.96. The van der Waals surface area contributed by atoms with E-state index in [2.05, 4.69) is 4.98 Å². The zero-order chi connectivity index (χ0) is 11.7. The van der Waals surface area contributed by atoms with E-state index in [9.17, 15) is 4.79 Å². The van der Waals surface area contributed by atoms with Crippen molar-refractivity contribution < 1.29 is 14.6 Å². The SMILES string of the molecule is COc1cc2nccc(Cl)c2cc1C(=O)O. The average molecular weight is 238 g/mol. The normalized spacial score (nSPS) is 10.4. The Morgan fingerprint density at radius 2 is 2.25 bits per heavy atom. The third kappa shape index (κ3) is 1.67. The fourth-order valence-corrected chi connectivity index (χ4v) is 1.68. The number of fused-ring (bicyclic) bond motifs is 1. The van der Waals surface area contributed by atoms with Gasteiger partial charge < -0.3 is 9.84 Å². The summed E-state index contributed by atoms with van der Waals surface area (Å²) in [5.41, 5.74) is 0.680. The van der Waals surface area contributed by atoms with Crippen LogP contribution in [0.5, 0.6) is 5.75 Å². The Balaban J connectivity index is 2.81. The first kappa shape index (κ1) is 10.7. The number of pyridine rings is 1. The predicted octanol–water partition coefficient (Wildman–Crippen LogP) is 2.60.